The molecule has 7 heteroatoms. The average molecular weight is 347 g/mol. The van der Waals surface area contributed by atoms with Gasteiger partial charge in [-0.25, -0.2) is 0 Å². The maximum Gasteiger partial charge on any atom is 0.287 e. The van der Waals surface area contributed by atoms with E-state index in [0.29, 0.717) is 6.54 Å². The molecule has 2 rings (SSSR count). The molecule has 7 nitrogen and oxygen atoms in total. The zero-order chi connectivity index (χ0) is 18.4. The number of likely N-dealkylation sites (N-methyl/N-ethyl adjacent to an activating group) is 1. The summed E-state index contributed by atoms with van der Waals surface area (Å²) in [6, 6.07) is 6.13. The van der Waals surface area contributed by atoms with Gasteiger partial charge in [0, 0.05) is 6.54 Å². The number of hydrogen-bond acceptors (Lipinski definition) is 5. The first-order chi connectivity index (χ1) is 11.9. The van der Waals surface area contributed by atoms with E-state index >= 15 is 0 Å². The first kappa shape index (κ1) is 18.8. The number of nitrogens with zero attached hydrogens (tertiary/aromatic N) is 1. The maximum atomic E-state index is 12.6. The van der Waals surface area contributed by atoms with E-state index in [1.807, 2.05) is 45.0 Å². The van der Waals surface area contributed by atoms with Gasteiger partial charge in [-0.15, -0.1) is 0 Å². The molecule has 2 aromatic heterocycles. The second-order valence-electron chi connectivity index (χ2n) is 6.41. The molecule has 0 bridgehead atoms. The number of furan rings is 2. The summed E-state index contributed by atoms with van der Waals surface area (Å²) >= 11 is 0. The first-order valence-electron chi connectivity index (χ1n) is 8.22. The Kier molecular flexibility index (Phi) is 6.41. The molecule has 0 aliphatic rings. The van der Waals surface area contributed by atoms with Crippen LogP contribution in [0.3, 0.4) is 0 Å². The normalized spacial score (nSPS) is 13.7. The van der Waals surface area contributed by atoms with Crippen LogP contribution in [0.2, 0.25) is 0 Å². The molecule has 0 aromatic carbocycles. The van der Waals surface area contributed by atoms with E-state index in [-0.39, 0.29) is 23.6 Å². The minimum Gasteiger partial charge on any atom is -0.468 e. The van der Waals surface area contributed by atoms with Gasteiger partial charge in [-0.1, -0.05) is 13.8 Å². The van der Waals surface area contributed by atoms with E-state index in [9.17, 15) is 9.59 Å². The van der Waals surface area contributed by atoms with Crippen molar-refractivity contribution >= 4 is 11.8 Å². The molecule has 0 saturated heterocycles. The Balaban J connectivity index is 1.99. The van der Waals surface area contributed by atoms with Gasteiger partial charge in [-0.05, 0) is 44.3 Å². The smallest absolute Gasteiger partial charge is 0.287 e. The molecule has 0 unspecified atom stereocenters. The molecule has 2 amide bonds. The van der Waals surface area contributed by atoms with Crippen LogP contribution in [-0.2, 0) is 4.79 Å². The topological polar surface area (TPSA) is 87.7 Å². The molecule has 0 aliphatic heterocycles. The van der Waals surface area contributed by atoms with Crippen LogP contribution >= 0.6 is 0 Å². The zero-order valence-electron chi connectivity index (χ0n) is 15.0. The summed E-state index contributed by atoms with van der Waals surface area (Å²) in [6.45, 7) is 4.13. The molecular weight excluding hydrogens is 322 g/mol. The second kappa shape index (κ2) is 8.53. The maximum absolute atomic E-state index is 12.6. The highest BCUT2D eigenvalue weighted by molar-refractivity contribution is 5.95. The van der Waals surface area contributed by atoms with Gasteiger partial charge in [0.05, 0.1) is 18.6 Å². The van der Waals surface area contributed by atoms with Gasteiger partial charge in [-0.3, -0.25) is 14.5 Å². The Bertz CT molecular complexity index is 663. The van der Waals surface area contributed by atoms with Crippen LogP contribution in [0, 0.1) is 5.92 Å². The quantitative estimate of drug-likeness (QED) is 0.763. The van der Waals surface area contributed by atoms with E-state index < -0.39 is 11.9 Å². The molecular formula is C18H25N3O4. The highest BCUT2D eigenvalue weighted by atomic mass is 16.3. The predicted octanol–water partition coefficient (Wildman–Crippen LogP) is 2.05. The molecule has 0 aliphatic carbocycles. The van der Waals surface area contributed by atoms with Crippen LogP contribution in [-0.4, -0.2) is 43.4 Å². The van der Waals surface area contributed by atoms with E-state index in [1.165, 1.54) is 6.26 Å². The molecule has 136 valence electrons. The van der Waals surface area contributed by atoms with Gasteiger partial charge >= 0.3 is 0 Å². The van der Waals surface area contributed by atoms with Crippen LogP contribution in [0.15, 0.2) is 45.6 Å². The lowest BCUT2D eigenvalue weighted by molar-refractivity contribution is -0.124. The summed E-state index contributed by atoms with van der Waals surface area (Å²) in [5.74, 6) is 0.230. The number of nitrogens with one attached hydrogen (secondary N) is 2. The van der Waals surface area contributed by atoms with E-state index in [4.69, 9.17) is 8.83 Å². The summed E-state index contributed by atoms with van der Waals surface area (Å²) in [4.78, 5) is 26.7. The van der Waals surface area contributed by atoms with Crippen molar-refractivity contribution in [3.05, 3.63) is 48.3 Å². The lowest BCUT2D eigenvalue weighted by Crippen LogP contribution is -2.50. The molecule has 0 saturated carbocycles. The number of carbonyl (C=O) groups is 2. The number of rotatable bonds is 8. The van der Waals surface area contributed by atoms with Crippen molar-refractivity contribution < 1.29 is 18.4 Å². The minimum absolute atomic E-state index is 0.0691. The Labute approximate surface area is 147 Å². The van der Waals surface area contributed by atoms with E-state index in [2.05, 4.69) is 10.6 Å². The third-order valence-corrected chi connectivity index (χ3v) is 3.95. The van der Waals surface area contributed by atoms with Crippen molar-refractivity contribution in [1.82, 2.24) is 15.5 Å². The van der Waals surface area contributed by atoms with E-state index in [1.54, 1.807) is 18.4 Å². The fraction of sp³-hybridized carbons (Fsp3) is 0.444. The number of amides is 2. The van der Waals surface area contributed by atoms with Crippen LogP contribution in [0.5, 0.6) is 0 Å². The van der Waals surface area contributed by atoms with Gasteiger partial charge < -0.3 is 19.5 Å². The number of carbonyl (C=O) groups excluding carboxylic acids is 2. The Morgan fingerprint density at radius 3 is 2.32 bits per heavy atom. The summed E-state index contributed by atoms with van der Waals surface area (Å²) in [7, 11) is 3.83. The lowest BCUT2D eigenvalue weighted by Gasteiger charge is -2.25. The molecule has 2 N–H and O–H groups in total. The molecule has 0 radical (unpaired) electrons. The lowest BCUT2D eigenvalue weighted by atomic mass is 10.0. The Morgan fingerprint density at radius 2 is 1.80 bits per heavy atom. The van der Waals surface area contributed by atoms with Crippen LogP contribution in [0.25, 0.3) is 0 Å². The molecule has 2 heterocycles. The molecule has 2 atom stereocenters. The van der Waals surface area contributed by atoms with Crippen molar-refractivity contribution in [3.63, 3.8) is 0 Å². The van der Waals surface area contributed by atoms with Crippen molar-refractivity contribution in [2.24, 2.45) is 5.92 Å². The first-order valence-corrected chi connectivity index (χ1v) is 8.22. The monoisotopic (exact) mass is 347 g/mol. The standard InChI is InChI=1S/C18H25N3O4/c1-12(2)16(20-17(22)15-8-6-10-25-15)18(23)19-11-13(21(3)4)14-7-5-9-24-14/h5-10,12-13,16H,11H2,1-4H3,(H,19,23)(H,20,22)/t13-,16+/m0/s1. The minimum atomic E-state index is -0.656. The van der Waals surface area contributed by atoms with Gasteiger partial charge in [0.25, 0.3) is 5.91 Å². The largest absolute Gasteiger partial charge is 0.468 e. The van der Waals surface area contributed by atoms with Crippen molar-refractivity contribution in [2.45, 2.75) is 25.9 Å². The third-order valence-electron chi connectivity index (χ3n) is 3.95. The predicted molar refractivity (Wildman–Crippen MR) is 92.9 cm³/mol. The summed E-state index contributed by atoms with van der Waals surface area (Å²) in [5, 5.41) is 5.62. The Morgan fingerprint density at radius 1 is 1.12 bits per heavy atom. The van der Waals surface area contributed by atoms with Crippen LogP contribution in [0.4, 0.5) is 0 Å². The SMILES string of the molecule is CC(C)[C@@H](NC(=O)c1ccco1)C(=O)NC[C@@H](c1ccco1)N(C)C. The second-order valence-corrected chi connectivity index (χ2v) is 6.41. The molecule has 0 spiro atoms. The Hall–Kier alpha value is -2.54. The third kappa shape index (κ3) is 4.96. The molecule has 0 fully saturated rings. The van der Waals surface area contributed by atoms with Crippen molar-refractivity contribution in [1.29, 1.82) is 0 Å². The summed E-state index contributed by atoms with van der Waals surface area (Å²) in [6.07, 6.45) is 3.03. The van der Waals surface area contributed by atoms with Crippen molar-refractivity contribution in [3.8, 4) is 0 Å². The highest BCUT2D eigenvalue weighted by Gasteiger charge is 2.27. The van der Waals surface area contributed by atoms with Crippen LogP contribution < -0.4 is 10.6 Å². The van der Waals surface area contributed by atoms with Crippen molar-refractivity contribution in [2.75, 3.05) is 20.6 Å². The zero-order valence-corrected chi connectivity index (χ0v) is 15.0. The molecule has 2 aromatic rings. The average Bonchev–Trinajstić information content (AvgIpc) is 3.25. The van der Waals surface area contributed by atoms with Gasteiger partial charge in [0.15, 0.2) is 5.76 Å². The summed E-state index contributed by atoms with van der Waals surface area (Å²) in [5.41, 5.74) is 0. The van der Waals surface area contributed by atoms with Gasteiger partial charge in [0.2, 0.25) is 5.91 Å². The highest BCUT2D eigenvalue weighted by Crippen LogP contribution is 2.17. The fourth-order valence-electron chi connectivity index (χ4n) is 2.48. The summed E-state index contributed by atoms with van der Waals surface area (Å²) < 4.78 is 10.5. The van der Waals surface area contributed by atoms with E-state index in [0.717, 1.165) is 5.76 Å². The fourth-order valence-corrected chi connectivity index (χ4v) is 2.48. The molecule has 25 heavy (non-hydrogen) atoms. The van der Waals surface area contributed by atoms with Gasteiger partial charge in [-0.2, -0.15) is 0 Å². The number of hydrogen-bond donors (Lipinski definition) is 2. The van der Waals surface area contributed by atoms with Crippen LogP contribution in [0.1, 0.15) is 36.2 Å². The van der Waals surface area contributed by atoms with Gasteiger partial charge in [0.1, 0.15) is 11.8 Å².